The van der Waals surface area contributed by atoms with Crippen LogP contribution in [0.4, 0.5) is 0 Å². The summed E-state index contributed by atoms with van der Waals surface area (Å²) in [7, 11) is 0. The maximum atomic E-state index is 12.2. The van der Waals surface area contributed by atoms with Gasteiger partial charge in [-0.1, -0.05) is 25.8 Å². The molecule has 0 radical (unpaired) electrons. The first-order valence-corrected chi connectivity index (χ1v) is 6.62. The third kappa shape index (κ3) is 2.92. The molecule has 1 saturated carbocycles. The van der Waals surface area contributed by atoms with Crippen LogP contribution in [-0.4, -0.2) is 25.2 Å². The topological polar surface area (TPSA) is 52.6 Å². The lowest BCUT2D eigenvalue weighted by molar-refractivity contribution is -0.158. The first-order chi connectivity index (χ1) is 8.58. The quantitative estimate of drug-likeness (QED) is 0.559. The lowest BCUT2D eigenvalue weighted by atomic mass is 9.69. The van der Waals surface area contributed by atoms with Gasteiger partial charge in [-0.2, -0.15) is 0 Å². The molecule has 4 heteroatoms. The molecule has 4 nitrogen and oxygen atoms in total. The molecule has 18 heavy (non-hydrogen) atoms. The van der Waals surface area contributed by atoms with Crippen LogP contribution in [0.3, 0.4) is 0 Å². The third-order valence-corrected chi connectivity index (χ3v) is 3.47. The summed E-state index contributed by atoms with van der Waals surface area (Å²) < 4.78 is 10.1. The monoisotopic (exact) mass is 254 g/mol. The molecule has 0 aliphatic heterocycles. The van der Waals surface area contributed by atoms with Gasteiger partial charge in [-0.05, 0) is 26.7 Å². The van der Waals surface area contributed by atoms with Crippen molar-refractivity contribution in [2.75, 3.05) is 13.2 Å². The van der Waals surface area contributed by atoms with E-state index in [1.165, 1.54) is 0 Å². The van der Waals surface area contributed by atoms with Crippen molar-refractivity contribution in [1.82, 2.24) is 0 Å². The van der Waals surface area contributed by atoms with E-state index in [9.17, 15) is 9.59 Å². The van der Waals surface area contributed by atoms with Crippen molar-refractivity contribution in [3.05, 3.63) is 12.2 Å². The fourth-order valence-corrected chi connectivity index (χ4v) is 2.47. The second-order valence-corrected chi connectivity index (χ2v) is 4.56. The molecular weight excluding hydrogens is 232 g/mol. The molecule has 0 amide bonds. The zero-order valence-electron chi connectivity index (χ0n) is 11.3. The van der Waals surface area contributed by atoms with E-state index in [0.717, 1.165) is 19.3 Å². The minimum atomic E-state index is -0.861. The van der Waals surface area contributed by atoms with Gasteiger partial charge >= 0.3 is 11.9 Å². The molecule has 102 valence electrons. The average molecular weight is 254 g/mol. The maximum absolute atomic E-state index is 12.2. The molecule has 1 fully saturated rings. The Hall–Kier alpha value is -1.32. The fraction of sp³-hybridized carbons (Fsp3) is 0.714. The zero-order chi connectivity index (χ0) is 13.6. The number of esters is 2. The number of hydrogen-bond acceptors (Lipinski definition) is 4. The van der Waals surface area contributed by atoms with Crippen LogP contribution in [0.2, 0.25) is 0 Å². The van der Waals surface area contributed by atoms with Gasteiger partial charge in [0.25, 0.3) is 0 Å². The lowest BCUT2D eigenvalue weighted by Gasteiger charge is -2.35. The van der Waals surface area contributed by atoms with Gasteiger partial charge in [-0.3, -0.25) is 4.79 Å². The largest absolute Gasteiger partial charge is 0.465 e. The van der Waals surface area contributed by atoms with E-state index in [2.05, 4.69) is 6.58 Å². The molecule has 1 rings (SSSR count). The second kappa shape index (κ2) is 6.57. The highest BCUT2D eigenvalue weighted by Gasteiger charge is 2.46. The van der Waals surface area contributed by atoms with E-state index in [1.807, 2.05) is 0 Å². The molecule has 1 aliphatic carbocycles. The van der Waals surface area contributed by atoms with E-state index in [4.69, 9.17) is 9.47 Å². The van der Waals surface area contributed by atoms with Crippen LogP contribution in [0.15, 0.2) is 12.2 Å². The van der Waals surface area contributed by atoms with Crippen molar-refractivity contribution >= 4 is 11.9 Å². The highest BCUT2D eigenvalue weighted by atomic mass is 16.5. The Morgan fingerprint density at radius 2 is 1.61 bits per heavy atom. The molecule has 0 bridgehead atoms. The van der Waals surface area contributed by atoms with Gasteiger partial charge < -0.3 is 9.47 Å². The van der Waals surface area contributed by atoms with Crippen LogP contribution in [-0.2, 0) is 19.1 Å². The number of hydrogen-bond donors (Lipinski definition) is 0. The van der Waals surface area contributed by atoms with Crippen molar-refractivity contribution in [3.63, 3.8) is 0 Å². The van der Waals surface area contributed by atoms with Crippen LogP contribution in [0.1, 0.15) is 46.0 Å². The standard InChI is InChI=1S/C14H22O4/c1-4-17-12(15)11(3)14(13(16)18-5-2)9-7-6-8-10-14/h3-10H2,1-2H3. The summed E-state index contributed by atoms with van der Waals surface area (Å²) in [6.45, 7) is 7.91. The number of rotatable bonds is 5. The van der Waals surface area contributed by atoms with Gasteiger partial charge in [0, 0.05) is 5.57 Å². The van der Waals surface area contributed by atoms with Gasteiger partial charge in [-0.15, -0.1) is 0 Å². The van der Waals surface area contributed by atoms with E-state index in [1.54, 1.807) is 13.8 Å². The normalized spacial score (nSPS) is 17.9. The smallest absolute Gasteiger partial charge is 0.334 e. The molecule has 0 saturated heterocycles. The molecule has 0 aromatic rings. The lowest BCUT2D eigenvalue weighted by Crippen LogP contribution is -2.39. The Kier molecular flexibility index (Phi) is 5.38. The summed E-state index contributed by atoms with van der Waals surface area (Å²) in [6.07, 6.45) is 4.17. The van der Waals surface area contributed by atoms with Crippen molar-refractivity contribution in [1.29, 1.82) is 0 Å². The molecule has 0 aromatic carbocycles. The van der Waals surface area contributed by atoms with Crippen LogP contribution >= 0.6 is 0 Å². The maximum Gasteiger partial charge on any atom is 0.334 e. The van der Waals surface area contributed by atoms with Crippen LogP contribution in [0.5, 0.6) is 0 Å². The molecule has 0 heterocycles. The highest BCUT2D eigenvalue weighted by Crippen LogP contribution is 2.43. The van der Waals surface area contributed by atoms with Crippen LogP contribution < -0.4 is 0 Å². The average Bonchev–Trinajstić information content (AvgIpc) is 2.39. The van der Waals surface area contributed by atoms with Crippen molar-refractivity contribution < 1.29 is 19.1 Å². The second-order valence-electron chi connectivity index (χ2n) is 4.56. The SMILES string of the molecule is C=C(C(=O)OCC)C1(C(=O)OCC)CCCCC1. The Balaban J connectivity index is 2.92. The van der Waals surface area contributed by atoms with E-state index in [0.29, 0.717) is 19.4 Å². The molecular formula is C14H22O4. The first kappa shape index (κ1) is 14.7. The summed E-state index contributed by atoms with van der Waals surface area (Å²) in [4.78, 5) is 24.0. The Labute approximate surface area is 108 Å². The van der Waals surface area contributed by atoms with Crippen LogP contribution in [0, 0.1) is 5.41 Å². The minimum Gasteiger partial charge on any atom is -0.465 e. The predicted molar refractivity (Wildman–Crippen MR) is 67.9 cm³/mol. The zero-order valence-corrected chi connectivity index (χ0v) is 11.3. The molecule has 0 unspecified atom stereocenters. The Bertz CT molecular complexity index is 327. The van der Waals surface area contributed by atoms with Crippen LogP contribution in [0.25, 0.3) is 0 Å². The molecule has 1 aliphatic rings. The Morgan fingerprint density at radius 3 is 2.11 bits per heavy atom. The summed E-state index contributed by atoms with van der Waals surface area (Å²) in [6, 6.07) is 0. The number of carbonyl (C=O) groups excluding carboxylic acids is 2. The summed E-state index contributed by atoms with van der Waals surface area (Å²) >= 11 is 0. The summed E-state index contributed by atoms with van der Waals surface area (Å²) in [5.41, 5.74) is -0.608. The van der Waals surface area contributed by atoms with Crippen molar-refractivity contribution in [2.24, 2.45) is 5.41 Å². The first-order valence-electron chi connectivity index (χ1n) is 6.62. The molecule has 0 atom stereocenters. The Morgan fingerprint density at radius 1 is 1.06 bits per heavy atom. The van der Waals surface area contributed by atoms with Gasteiger partial charge in [0.15, 0.2) is 0 Å². The highest BCUT2D eigenvalue weighted by molar-refractivity contribution is 5.97. The van der Waals surface area contributed by atoms with Gasteiger partial charge in [-0.25, -0.2) is 4.79 Å². The van der Waals surface area contributed by atoms with Gasteiger partial charge in [0.2, 0.25) is 0 Å². The molecule has 0 N–H and O–H groups in total. The number of ether oxygens (including phenoxy) is 2. The predicted octanol–water partition coefficient (Wildman–Crippen LogP) is 2.62. The summed E-state index contributed by atoms with van der Waals surface area (Å²) in [5, 5.41) is 0. The van der Waals surface area contributed by atoms with Crippen molar-refractivity contribution in [3.8, 4) is 0 Å². The van der Waals surface area contributed by atoms with Gasteiger partial charge in [0.05, 0.1) is 18.6 Å². The van der Waals surface area contributed by atoms with Crippen molar-refractivity contribution in [2.45, 2.75) is 46.0 Å². The fourth-order valence-electron chi connectivity index (χ4n) is 2.47. The summed E-state index contributed by atoms with van der Waals surface area (Å²) in [5.74, 6) is -0.810. The minimum absolute atomic E-state index is 0.252. The number of carbonyl (C=O) groups is 2. The third-order valence-electron chi connectivity index (χ3n) is 3.47. The van der Waals surface area contributed by atoms with E-state index in [-0.39, 0.29) is 18.1 Å². The van der Waals surface area contributed by atoms with E-state index < -0.39 is 11.4 Å². The van der Waals surface area contributed by atoms with E-state index >= 15 is 0 Å². The molecule has 0 spiro atoms. The molecule has 0 aromatic heterocycles. The van der Waals surface area contributed by atoms with Gasteiger partial charge in [0.1, 0.15) is 0 Å².